The van der Waals surface area contributed by atoms with E-state index in [1.165, 1.54) is 23.1 Å². The van der Waals surface area contributed by atoms with Crippen molar-refractivity contribution in [3.05, 3.63) is 87.4 Å². The number of benzene rings is 2. The first-order valence-corrected chi connectivity index (χ1v) is 11.6. The summed E-state index contributed by atoms with van der Waals surface area (Å²) in [6.07, 6.45) is 0.609. The SMILES string of the molecule is CCN(CC)CCCN1C(=O)C(O)=C(C(=O)c2cc3ccccc3o2)[C@@H]1c1cccc([N+](=O)[O-])c1. The highest BCUT2D eigenvalue weighted by Gasteiger charge is 2.44. The molecule has 4 rings (SSSR count). The minimum absolute atomic E-state index is 0.0130. The molecule has 0 aliphatic carbocycles. The van der Waals surface area contributed by atoms with Gasteiger partial charge >= 0.3 is 0 Å². The van der Waals surface area contributed by atoms with Crippen LogP contribution in [0.15, 0.2) is 70.3 Å². The number of para-hydroxylation sites is 1. The van der Waals surface area contributed by atoms with E-state index in [4.69, 9.17) is 4.42 Å². The van der Waals surface area contributed by atoms with Crippen molar-refractivity contribution in [1.29, 1.82) is 0 Å². The molecule has 9 nitrogen and oxygen atoms in total. The fraction of sp³-hybridized carbons (Fsp3) is 0.308. The third-order valence-electron chi connectivity index (χ3n) is 6.36. The van der Waals surface area contributed by atoms with E-state index in [1.807, 2.05) is 19.9 Å². The molecule has 0 radical (unpaired) electrons. The summed E-state index contributed by atoms with van der Waals surface area (Å²) < 4.78 is 5.71. The first-order valence-electron chi connectivity index (χ1n) is 11.6. The number of fused-ring (bicyclic) bond motifs is 1. The number of Topliss-reactive ketones (excluding diaryl/α,β-unsaturated/α-hetero) is 1. The van der Waals surface area contributed by atoms with Crippen molar-refractivity contribution < 1.29 is 24.0 Å². The molecule has 1 aliphatic heterocycles. The number of aliphatic hydroxyl groups is 1. The molecule has 1 atom stereocenters. The number of aliphatic hydroxyl groups excluding tert-OH is 1. The number of nitrogens with zero attached hydrogens (tertiary/aromatic N) is 3. The second kappa shape index (κ2) is 10.1. The van der Waals surface area contributed by atoms with Crippen molar-refractivity contribution in [3.63, 3.8) is 0 Å². The summed E-state index contributed by atoms with van der Waals surface area (Å²) in [6.45, 7) is 6.81. The van der Waals surface area contributed by atoms with Gasteiger partial charge in [0.2, 0.25) is 5.78 Å². The van der Waals surface area contributed by atoms with Gasteiger partial charge in [0.1, 0.15) is 5.58 Å². The predicted octanol–water partition coefficient (Wildman–Crippen LogP) is 4.65. The first kappa shape index (κ1) is 24.2. The highest BCUT2D eigenvalue weighted by atomic mass is 16.6. The minimum atomic E-state index is -0.972. The van der Waals surface area contributed by atoms with Crippen LogP contribution < -0.4 is 0 Å². The lowest BCUT2D eigenvalue weighted by atomic mass is 9.94. The second-order valence-corrected chi connectivity index (χ2v) is 8.37. The van der Waals surface area contributed by atoms with E-state index >= 15 is 0 Å². The lowest BCUT2D eigenvalue weighted by molar-refractivity contribution is -0.384. The monoisotopic (exact) mass is 477 g/mol. The van der Waals surface area contributed by atoms with Gasteiger partial charge in [-0.1, -0.05) is 44.2 Å². The van der Waals surface area contributed by atoms with E-state index in [1.54, 1.807) is 30.3 Å². The molecule has 9 heteroatoms. The number of non-ortho nitro benzene ring substituents is 1. The van der Waals surface area contributed by atoms with Gasteiger partial charge in [0.15, 0.2) is 11.5 Å². The van der Waals surface area contributed by atoms with Crippen LogP contribution in [0.4, 0.5) is 5.69 Å². The van der Waals surface area contributed by atoms with E-state index in [0.717, 1.165) is 19.6 Å². The first-order chi connectivity index (χ1) is 16.8. The average molecular weight is 478 g/mol. The molecule has 0 unspecified atom stereocenters. The zero-order valence-corrected chi connectivity index (χ0v) is 19.6. The van der Waals surface area contributed by atoms with Crippen LogP contribution >= 0.6 is 0 Å². The third kappa shape index (κ3) is 4.67. The smallest absolute Gasteiger partial charge is 0.290 e. The molecule has 1 amide bonds. The fourth-order valence-corrected chi connectivity index (χ4v) is 4.50. The number of hydrogen-bond donors (Lipinski definition) is 1. The van der Waals surface area contributed by atoms with Crippen LogP contribution in [0.2, 0.25) is 0 Å². The number of nitro groups is 1. The maximum Gasteiger partial charge on any atom is 0.290 e. The zero-order chi connectivity index (χ0) is 25.1. The molecular weight excluding hydrogens is 450 g/mol. The number of amides is 1. The van der Waals surface area contributed by atoms with Crippen LogP contribution in [0.3, 0.4) is 0 Å². The van der Waals surface area contributed by atoms with Gasteiger partial charge in [-0.25, -0.2) is 0 Å². The molecule has 0 bridgehead atoms. The predicted molar refractivity (Wildman–Crippen MR) is 130 cm³/mol. The topological polar surface area (TPSA) is 117 Å². The summed E-state index contributed by atoms with van der Waals surface area (Å²) in [6, 6.07) is 13.5. The number of hydrogen-bond acceptors (Lipinski definition) is 7. The lowest BCUT2D eigenvalue weighted by Crippen LogP contribution is -2.34. The summed E-state index contributed by atoms with van der Waals surface area (Å²) in [4.78, 5) is 41.2. The summed E-state index contributed by atoms with van der Waals surface area (Å²) in [5.41, 5.74) is 0.569. The highest BCUT2D eigenvalue weighted by Crippen LogP contribution is 2.40. The van der Waals surface area contributed by atoms with Gasteiger partial charge in [-0.3, -0.25) is 19.7 Å². The molecule has 1 aromatic heterocycles. The minimum Gasteiger partial charge on any atom is -0.503 e. The van der Waals surface area contributed by atoms with Crippen LogP contribution in [0.1, 0.15) is 42.4 Å². The van der Waals surface area contributed by atoms with Crippen molar-refractivity contribution >= 4 is 28.3 Å². The van der Waals surface area contributed by atoms with Crippen LogP contribution in [-0.4, -0.2) is 57.7 Å². The molecule has 0 saturated heterocycles. The Kier molecular flexibility index (Phi) is 6.97. The average Bonchev–Trinajstić information content (AvgIpc) is 3.41. The second-order valence-electron chi connectivity index (χ2n) is 8.37. The van der Waals surface area contributed by atoms with E-state index in [2.05, 4.69) is 4.90 Å². The Balaban J connectivity index is 1.73. The van der Waals surface area contributed by atoms with Gasteiger partial charge in [-0.2, -0.15) is 0 Å². The summed E-state index contributed by atoms with van der Waals surface area (Å²) in [5.74, 6) is -1.98. The van der Waals surface area contributed by atoms with Crippen LogP contribution in [0, 0.1) is 10.1 Å². The van der Waals surface area contributed by atoms with Crippen LogP contribution in [0.5, 0.6) is 0 Å². The van der Waals surface area contributed by atoms with Gasteiger partial charge in [0.25, 0.3) is 11.6 Å². The van der Waals surface area contributed by atoms with Crippen molar-refractivity contribution in [3.8, 4) is 0 Å². The number of carbonyl (C=O) groups excluding carboxylic acids is 2. The highest BCUT2D eigenvalue weighted by molar-refractivity contribution is 6.16. The van der Waals surface area contributed by atoms with E-state index in [0.29, 0.717) is 23.0 Å². The number of nitro benzene ring substituents is 1. The zero-order valence-electron chi connectivity index (χ0n) is 19.6. The molecule has 182 valence electrons. The molecule has 0 fully saturated rings. The molecule has 1 aliphatic rings. The number of furan rings is 1. The number of carbonyl (C=O) groups is 2. The fourth-order valence-electron chi connectivity index (χ4n) is 4.50. The van der Waals surface area contributed by atoms with E-state index < -0.39 is 28.4 Å². The Hall–Kier alpha value is -3.98. The molecule has 1 N–H and O–H groups in total. The molecule has 0 saturated carbocycles. The molecule has 2 aromatic carbocycles. The van der Waals surface area contributed by atoms with E-state index in [-0.39, 0.29) is 23.6 Å². The maximum absolute atomic E-state index is 13.6. The molecule has 0 spiro atoms. The number of ketones is 1. The number of rotatable bonds is 10. The van der Waals surface area contributed by atoms with E-state index in [9.17, 15) is 24.8 Å². The Morgan fingerprint density at radius 1 is 1.14 bits per heavy atom. The van der Waals surface area contributed by atoms with Gasteiger partial charge in [0, 0.05) is 24.1 Å². The van der Waals surface area contributed by atoms with Gasteiger partial charge in [0.05, 0.1) is 16.5 Å². The van der Waals surface area contributed by atoms with Crippen LogP contribution in [0.25, 0.3) is 11.0 Å². The maximum atomic E-state index is 13.6. The standard InChI is InChI=1S/C26H27N3O6/c1-3-27(4-2)13-8-14-28-23(18-10-7-11-19(15-18)29(33)34)22(25(31)26(28)32)24(30)21-16-17-9-5-6-12-20(17)35-21/h5-7,9-12,15-16,23,31H,3-4,8,13-14H2,1-2H3/t23-/m0/s1. The third-order valence-corrected chi connectivity index (χ3v) is 6.36. The van der Waals surface area contributed by atoms with Crippen molar-refractivity contribution in [2.45, 2.75) is 26.3 Å². The molecule has 2 heterocycles. The quantitative estimate of drug-likeness (QED) is 0.257. The van der Waals surface area contributed by atoms with Crippen molar-refractivity contribution in [1.82, 2.24) is 9.80 Å². The summed E-state index contributed by atoms with van der Waals surface area (Å²) in [7, 11) is 0. The van der Waals surface area contributed by atoms with Gasteiger partial charge in [-0.05, 0) is 43.8 Å². The Labute approximate surface area is 202 Å². The Morgan fingerprint density at radius 3 is 2.57 bits per heavy atom. The Bertz CT molecular complexity index is 1270. The van der Waals surface area contributed by atoms with Gasteiger partial charge < -0.3 is 19.3 Å². The van der Waals surface area contributed by atoms with Crippen molar-refractivity contribution in [2.75, 3.05) is 26.2 Å². The van der Waals surface area contributed by atoms with Crippen molar-refractivity contribution in [2.24, 2.45) is 0 Å². The molecule has 3 aromatic rings. The normalized spacial score (nSPS) is 16.0. The largest absolute Gasteiger partial charge is 0.503 e. The molecular formula is C26H27N3O6. The summed E-state index contributed by atoms with van der Waals surface area (Å²) in [5, 5.41) is 22.9. The molecule has 35 heavy (non-hydrogen) atoms. The Morgan fingerprint density at radius 2 is 1.89 bits per heavy atom. The van der Waals surface area contributed by atoms with Gasteiger partial charge in [-0.15, -0.1) is 0 Å². The van der Waals surface area contributed by atoms with Crippen LogP contribution in [-0.2, 0) is 4.79 Å². The lowest BCUT2D eigenvalue weighted by Gasteiger charge is -2.27. The summed E-state index contributed by atoms with van der Waals surface area (Å²) >= 11 is 0.